The zero-order valence-corrected chi connectivity index (χ0v) is 12.5. The van der Waals surface area contributed by atoms with E-state index < -0.39 is 0 Å². The van der Waals surface area contributed by atoms with Crippen molar-refractivity contribution in [1.29, 1.82) is 0 Å². The number of nitrogens with one attached hydrogen (secondary N) is 1. The van der Waals surface area contributed by atoms with Gasteiger partial charge in [-0.3, -0.25) is 0 Å². The van der Waals surface area contributed by atoms with E-state index in [9.17, 15) is 4.79 Å². The van der Waals surface area contributed by atoms with Crippen LogP contribution in [0.2, 0.25) is 0 Å². The molecule has 98 valence electrons. The lowest BCUT2D eigenvalue weighted by Gasteiger charge is -2.31. The average Bonchev–Trinajstić information content (AvgIpc) is 2.34. The Balaban J connectivity index is 2.04. The smallest absolute Gasteiger partial charge is 0.321 e. The molecule has 1 aromatic carbocycles. The Kier molecular flexibility index (Phi) is 4.27. The summed E-state index contributed by atoms with van der Waals surface area (Å²) < 4.78 is 0.923. The van der Waals surface area contributed by atoms with Crippen molar-refractivity contribution < 1.29 is 4.79 Å². The highest BCUT2D eigenvalue weighted by molar-refractivity contribution is 9.10. The first-order valence-corrected chi connectivity index (χ1v) is 7.17. The zero-order valence-electron chi connectivity index (χ0n) is 10.9. The van der Waals surface area contributed by atoms with Crippen molar-refractivity contribution >= 4 is 27.6 Å². The number of benzene rings is 1. The molecule has 2 amide bonds. The number of aryl methyl sites for hydroxylation is 1. The molecule has 1 saturated heterocycles. The molecule has 1 fully saturated rings. The topological polar surface area (TPSA) is 32.3 Å². The molecule has 0 aromatic heterocycles. The van der Waals surface area contributed by atoms with Crippen molar-refractivity contribution in [2.45, 2.75) is 26.7 Å². The van der Waals surface area contributed by atoms with Crippen molar-refractivity contribution in [3.8, 4) is 0 Å². The molecular formula is C14H19BrN2O. The third-order valence-corrected chi connectivity index (χ3v) is 4.00. The maximum atomic E-state index is 12.2. The first-order chi connectivity index (χ1) is 8.56. The Morgan fingerprint density at radius 1 is 1.50 bits per heavy atom. The Labute approximate surface area is 117 Å². The lowest BCUT2D eigenvalue weighted by atomic mass is 10.0. The molecule has 1 aromatic rings. The van der Waals surface area contributed by atoms with E-state index in [4.69, 9.17) is 0 Å². The fourth-order valence-corrected chi connectivity index (χ4v) is 2.65. The Morgan fingerprint density at radius 2 is 2.28 bits per heavy atom. The SMILES string of the molecule is Cc1ccc(Br)c(NC(=O)N2CCCC(C)C2)c1. The van der Waals surface area contributed by atoms with Crippen LogP contribution < -0.4 is 5.32 Å². The number of rotatable bonds is 1. The lowest BCUT2D eigenvalue weighted by molar-refractivity contribution is 0.182. The van der Waals surface area contributed by atoms with Gasteiger partial charge in [-0.2, -0.15) is 0 Å². The number of anilines is 1. The summed E-state index contributed by atoms with van der Waals surface area (Å²) in [6, 6.07) is 5.97. The number of carbonyl (C=O) groups excluding carboxylic acids is 1. The van der Waals surface area contributed by atoms with Gasteiger partial charge in [0.15, 0.2) is 0 Å². The van der Waals surface area contributed by atoms with Gasteiger partial charge in [0.05, 0.1) is 5.69 Å². The predicted octanol–water partition coefficient (Wildman–Crippen LogP) is 4.02. The molecule has 0 saturated carbocycles. The second-order valence-corrected chi connectivity index (χ2v) is 5.96. The van der Waals surface area contributed by atoms with Crippen LogP contribution in [-0.4, -0.2) is 24.0 Å². The monoisotopic (exact) mass is 310 g/mol. The maximum absolute atomic E-state index is 12.2. The predicted molar refractivity (Wildman–Crippen MR) is 77.9 cm³/mol. The van der Waals surface area contributed by atoms with E-state index in [0.29, 0.717) is 5.92 Å². The summed E-state index contributed by atoms with van der Waals surface area (Å²) in [6.45, 7) is 5.93. The summed E-state index contributed by atoms with van der Waals surface area (Å²) in [5.74, 6) is 0.602. The minimum absolute atomic E-state index is 0.00727. The second-order valence-electron chi connectivity index (χ2n) is 5.11. The molecule has 0 bridgehead atoms. The average molecular weight is 311 g/mol. The highest BCUT2D eigenvalue weighted by atomic mass is 79.9. The van der Waals surface area contributed by atoms with Gasteiger partial charge in [0.1, 0.15) is 0 Å². The number of carbonyl (C=O) groups is 1. The second kappa shape index (κ2) is 5.74. The van der Waals surface area contributed by atoms with E-state index in [2.05, 4.69) is 28.2 Å². The summed E-state index contributed by atoms with van der Waals surface area (Å²) in [5, 5.41) is 2.98. The number of urea groups is 1. The van der Waals surface area contributed by atoms with Crippen molar-refractivity contribution in [2.75, 3.05) is 18.4 Å². The first kappa shape index (κ1) is 13.4. The lowest BCUT2D eigenvalue weighted by Crippen LogP contribution is -2.41. The van der Waals surface area contributed by atoms with E-state index in [0.717, 1.165) is 35.2 Å². The van der Waals surface area contributed by atoms with Crippen LogP contribution in [0.25, 0.3) is 0 Å². The van der Waals surface area contributed by atoms with Crippen LogP contribution in [0.3, 0.4) is 0 Å². The van der Waals surface area contributed by atoms with Gasteiger partial charge >= 0.3 is 6.03 Å². The Bertz CT molecular complexity index is 447. The summed E-state index contributed by atoms with van der Waals surface area (Å²) in [7, 11) is 0. The molecule has 1 aliphatic rings. The van der Waals surface area contributed by atoms with E-state index in [-0.39, 0.29) is 6.03 Å². The number of likely N-dealkylation sites (tertiary alicyclic amines) is 1. The van der Waals surface area contributed by atoms with E-state index in [1.54, 1.807) is 0 Å². The summed E-state index contributed by atoms with van der Waals surface area (Å²) in [6.07, 6.45) is 2.32. The first-order valence-electron chi connectivity index (χ1n) is 6.38. The number of hydrogen-bond acceptors (Lipinski definition) is 1. The highest BCUT2D eigenvalue weighted by Gasteiger charge is 2.21. The standard InChI is InChI=1S/C14H19BrN2O/c1-10-5-6-12(15)13(8-10)16-14(18)17-7-3-4-11(2)9-17/h5-6,8,11H,3-4,7,9H2,1-2H3,(H,16,18). The molecule has 0 radical (unpaired) electrons. The van der Waals surface area contributed by atoms with Crippen LogP contribution in [0.1, 0.15) is 25.3 Å². The molecular weight excluding hydrogens is 292 g/mol. The van der Waals surface area contributed by atoms with Gasteiger partial charge in [-0.15, -0.1) is 0 Å². The fraction of sp³-hybridized carbons (Fsp3) is 0.500. The van der Waals surface area contributed by atoms with Gasteiger partial charge in [-0.25, -0.2) is 4.79 Å². The minimum Gasteiger partial charge on any atom is -0.324 e. The third kappa shape index (κ3) is 3.25. The number of piperidine rings is 1. The molecule has 1 unspecified atom stereocenters. The van der Waals surface area contributed by atoms with Crippen LogP contribution in [0.15, 0.2) is 22.7 Å². The number of amides is 2. The number of nitrogens with zero attached hydrogens (tertiary/aromatic N) is 1. The molecule has 1 atom stereocenters. The quantitative estimate of drug-likeness (QED) is 0.834. The maximum Gasteiger partial charge on any atom is 0.321 e. The van der Waals surface area contributed by atoms with Gasteiger partial charge in [-0.05, 0) is 59.3 Å². The highest BCUT2D eigenvalue weighted by Crippen LogP contribution is 2.24. The molecule has 18 heavy (non-hydrogen) atoms. The van der Waals surface area contributed by atoms with Gasteiger partial charge in [0.2, 0.25) is 0 Å². The van der Waals surface area contributed by atoms with Gasteiger partial charge in [0, 0.05) is 17.6 Å². The molecule has 1 heterocycles. The van der Waals surface area contributed by atoms with Crippen LogP contribution in [0, 0.1) is 12.8 Å². The van der Waals surface area contributed by atoms with Crippen LogP contribution >= 0.6 is 15.9 Å². The fourth-order valence-electron chi connectivity index (χ4n) is 2.30. The largest absolute Gasteiger partial charge is 0.324 e. The van der Waals surface area contributed by atoms with E-state index in [1.807, 2.05) is 30.0 Å². The van der Waals surface area contributed by atoms with Gasteiger partial charge < -0.3 is 10.2 Å². The molecule has 4 heteroatoms. The van der Waals surface area contributed by atoms with Crippen molar-refractivity contribution in [2.24, 2.45) is 5.92 Å². The summed E-state index contributed by atoms with van der Waals surface area (Å²) in [4.78, 5) is 14.1. The molecule has 0 spiro atoms. The zero-order chi connectivity index (χ0) is 13.1. The van der Waals surface area contributed by atoms with Crippen molar-refractivity contribution in [3.63, 3.8) is 0 Å². The van der Waals surface area contributed by atoms with E-state index >= 15 is 0 Å². The summed E-state index contributed by atoms with van der Waals surface area (Å²) >= 11 is 3.46. The molecule has 1 aliphatic heterocycles. The van der Waals surface area contributed by atoms with Crippen LogP contribution in [0.4, 0.5) is 10.5 Å². The van der Waals surface area contributed by atoms with Crippen LogP contribution in [-0.2, 0) is 0 Å². The minimum atomic E-state index is 0.00727. The van der Waals surface area contributed by atoms with E-state index in [1.165, 1.54) is 6.42 Å². The summed E-state index contributed by atoms with van der Waals surface area (Å²) in [5.41, 5.74) is 1.98. The molecule has 2 rings (SSSR count). The Morgan fingerprint density at radius 3 is 3.00 bits per heavy atom. The van der Waals surface area contributed by atoms with Crippen LogP contribution in [0.5, 0.6) is 0 Å². The molecule has 1 N–H and O–H groups in total. The third-order valence-electron chi connectivity index (χ3n) is 3.31. The van der Waals surface area contributed by atoms with Crippen molar-refractivity contribution in [1.82, 2.24) is 4.90 Å². The molecule has 3 nitrogen and oxygen atoms in total. The number of halogens is 1. The Hall–Kier alpha value is -1.03. The normalized spacial score (nSPS) is 19.7. The van der Waals surface area contributed by atoms with Gasteiger partial charge in [0.25, 0.3) is 0 Å². The molecule has 0 aliphatic carbocycles. The van der Waals surface area contributed by atoms with Crippen molar-refractivity contribution in [3.05, 3.63) is 28.2 Å². The number of hydrogen-bond donors (Lipinski definition) is 1. The van der Waals surface area contributed by atoms with Gasteiger partial charge in [-0.1, -0.05) is 13.0 Å².